The van der Waals surface area contributed by atoms with Gasteiger partial charge in [-0.3, -0.25) is 4.79 Å². The van der Waals surface area contributed by atoms with Gasteiger partial charge in [-0.05, 0) is 56.0 Å². The van der Waals surface area contributed by atoms with Crippen LogP contribution < -0.4 is 4.74 Å². The molecule has 1 atom stereocenters. The Balaban J connectivity index is 1.42. The van der Waals surface area contributed by atoms with Gasteiger partial charge in [-0.2, -0.15) is 0 Å². The van der Waals surface area contributed by atoms with E-state index in [-0.39, 0.29) is 5.91 Å². The van der Waals surface area contributed by atoms with Crippen LogP contribution in [0.25, 0.3) is 0 Å². The highest BCUT2D eigenvalue weighted by Crippen LogP contribution is 2.35. The number of para-hydroxylation sites is 1. The third-order valence-corrected chi connectivity index (χ3v) is 5.58. The second kappa shape index (κ2) is 7.71. The predicted octanol–water partition coefficient (Wildman–Crippen LogP) is 3.63. The van der Waals surface area contributed by atoms with Crippen LogP contribution in [0, 0.1) is 0 Å². The van der Waals surface area contributed by atoms with E-state index in [1.165, 1.54) is 0 Å². The highest BCUT2D eigenvalue weighted by molar-refractivity contribution is 5.94. The number of hydrogen-bond acceptors (Lipinski definition) is 4. The van der Waals surface area contributed by atoms with Gasteiger partial charge in [0, 0.05) is 25.3 Å². The number of benzene rings is 2. The summed E-state index contributed by atoms with van der Waals surface area (Å²) in [6.07, 6.45) is 2.62. The third kappa shape index (κ3) is 3.84. The summed E-state index contributed by atoms with van der Waals surface area (Å²) in [5, 5.41) is 10.4. The Morgan fingerprint density at radius 2 is 1.81 bits per heavy atom. The molecule has 2 aliphatic rings. The van der Waals surface area contributed by atoms with Gasteiger partial charge in [-0.25, -0.2) is 0 Å². The molecule has 4 rings (SSSR count). The van der Waals surface area contributed by atoms with Crippen LogP contribution in [0.3, 0.4) is 0 Å². The Hall–Kier alpha value is -2.37. The summed E-state index contributed by atoms with van der Waals surface area (Å²) in [6, 6.07) is 16.8. The molecule has 2 aliphatic heterocycles. The van der Waals surface area contributed by atoms with Gasteiger partial charge in [0.15, 0.2) is 0 Å². The monoisotopic (exact) mass is 367 g/mol. The lowest BCUT2D eigenvalue weighted by Crippen LogP contribution is -2.56. The van der Waals surface area contributed by atoms with Crippen molar-refractivity contribution in [3.8, 4) is 11.5 Å². The number of carbonyl (C=O) groups is 1. The van der Waals surface area contributed by atoms with Gasteiger partial charge < -0.3 is 19.5 Å². The number of aliphatic hydroxyl groups excluding tert-OH is 1. The van der Waals surface area contributed by atoms with E-state index < -0.39 is 11.7 Å². The zero-order valence-electron chi connectivity index (χ0n) is 15.3. The Morgan fingerprint density at radius 3 is 2.56 bits per heavy atom. The number of nitrogens with zero attached hydrogens (tertiary/aromatic N) is 1. The van der Waals surface area contributed by atoms with Crippen molar-refractivity contribution in [1.29, 1.82) is 0 Å². The van der Waals surface area contributed by atoms with Crippen LogP contribution in [0.15, 0.2) is 54.6 Å². The number of piperidine rings is 1. The predicted molar refractivity (Wildman–Crippen MR) is 102 cm³/mol. The summed E-state index contributed by atoms with van der Waals surface area (Å²) in [4.78, 5) is 14.8. The van der Waals surface area contributed by atoms with E-state index in [1.807, 2.05) is 53.4 Å². The molecule has 1 amide bonds. The average Bonchev–Trinajstić information content (AvgIpc) is 2.71. The van der Waals surface area contributed by atoms with Crippen LogP contribution in [0.4, 0.5) is 0 Å². The van der Waals surface area contributed by atoms with Gasteiger partial charge in [-0.1, -0.05) is 24.3 Å². The number of hydrogen-bond donors (Lipinski definition) is 1. The molecule has 0 aliphatic carbocycles. The van der Waals surface area contributed by atoms with Gasteiger partial charge in [0.25, 0.3) is 5.91 Å². The number of aliphatic hydroxyl groups is 1. The summed E-state index contributed by atoms with van der Waals surface area (Å²) < 4.78 is 11.8. The Kier molecular flexibility index (Phi) is 5.14. The minimum atomic E-state index is -0.465. The highest BCUT2D eigenvalue weighted by Gasteiger charge is 2.44. The Morgan fingerprint density at radius 1 is 1.07 bits per heavy atom. The molecule has 2 fully saturated rings. The van der Waals surface area contributed by atoms with Crippen LogP contribution in [0.1, 0.15) is 36.0 Å². The van der Waals surface area contributed by atoms with E-state index in [2.05, 4.69) is 0 Å². The van der Waals surface area contributed by atoms with Gasteiger partial charge in [0.05, 0.1) is 11.7 Å². The summed E-state index contributed by atoms with van der Waals surface area (Å²) in [5.74, 6) is 1.38. The van der Waals surface area contributed by atoms with Crippen molar-refractivity contribution < 1.29 is 19.4 Å². The minimum Gasteiger partial charge on any atom is -0.457 e. The molecular weight excluding hydrogens is 342 g/mol. The fraction of sp³-hybridized carbons (Fsp3) is 0.409. The average molecular weight is 367 g/mol. The lowest BCUT2D eigenvalue weighted by Gasteiger charge is -2.46. The fourth-order valence-corrected chi connectivity index (χ4v) is 3.98. The summed E-state index contributed by atoms with van der Waals surface area (Å²) >= 11 is 0. The first-order chi connectivity index (χ1) is 13.2. The standard InChI is InChI=1S/C22H25NO4/c24-20-10-5-15-26-22(20)11-13-23(14-12-22)21(25)17-6-4-9-19(16-17)27-18-7-2-1-3-8-18/h1-4,6-9,16,20,24H,5,10-15H2. The molecule has 2 aromatic rings. The second-order valence-electron chi connectivity index (χ2n) is 7.31. The molecule has 5 heteroatoms. The first-order valence-electron chi connectivity index (χ1n) is 9.61. The molecule has 5 nitrogen and oxygen atoms in total. The minimum absolute atomic E-state index is 0.00587. The number of likely N-dealkylation sites (tertiary alicyclic amines) is 1. The fourth-order valence-electron chi connectivity index (χ4n) is 3.98. The molecule has 0 bridgehead atoms. The molecule has 1 N–H and O–H groups in total. The molecule has 2 saturated heterocycles. The number of rotatable bonds is 3. The molecular formula is C22H25NO4. The molecule has 0 aromatic heterocycles. The van der Waals surface area contributed by atoms with Gasteiger partial charge in [0.2, 0.25) is 0 Å². The maximum absolute atomic E-state index is 12.9. The molecule has 2 aromatic carbocycles. The van der Waals surface area contributed by atoms with Crippen molar-refractivity contribution >= 4 is 5.91 Å². The normalized spacial score (nSPS) is 21.8. The SMILES string of the molecule is O=C(c1cccc(Oc2ccccc2)c1)N1CCC2(CC1)OCCCC2O. The second-order valence-corrected chi connectivity index (χ2v) is 7.31. The number of amides is 1. The molecule has 27 heavy (non-hydrogen) atoms. The largest absolute Gasteiger partial charge is 0.457 e. The summed E-state index contributed by atoms with van der Waals surface area (Å²) in [7, 11) is 0. The molecule has 0 radical (unpaired) electrons. The van der Waals surface area contributed by atoms with Gasteiger partial charge >= 0.3 is 0 Å². The number of carbonyl (C=O) groups excluding carboxylic acids is 1. The van der Waals surface area contributed by atoms with Crippen LogP contribution in [0.2, 0.25) is 0 Å². The van der Waals surface area contributed by atoms with Crippen LogP contribution in [-0.4, -0.2) is 47.3 Å². The van der Waals surface area contributed by atoms with Gasteiger partial charge in [-0.15, -0.1) is 0 Å². The first-order valence-corrected chi connectivity index (χ1v) is 9.61. The maximum atomic E-state index is 12.9. The quantitative estimate of drug-likeness (QED) is 0.900. The van der Waals surface area contributed by atoms with Crippen LogP contribution in [-0.2, 0) is 4.74 Å². The van der Waals surface area contributed by atoms with Crippen molar-refractivity contribution in [2.75, 3.05) is 19.7 Å². The summed E-state index contributed by atoms with van der Waals surface area (Å²) in [5.41, 5.74) is 0.150. The van der Waals surface area contributed by atoms with Crippen molar-refractivity contribution in [1.82, 2.24) is 4.90 Å². The Labute approximate surface area is 159 Å². The van der Waals surface area contributed by atoms with E-state index in [0.29, 0.717) is 43.9 Å². The van der Waals surface area contributed by atoms with E-state index in [9.17, 15) is 9.90 Å². The molecule has 2 heterocycles. The van der Waals surface area contributed by atoms with Crippen LogP contribution >= 0.6 is 0 Å². The maximum Gasteiger partial charge on any atom is 0.253 e. The smallest absolute Gasteiger partial charge is 0.253 e. The van der Waals surface area contributed by atoms with Crippen molar-refractivity contribution in [2.45, 2.75) is 37.4 Å². The lowest BCUT2D eigenvalue weighted by molar-refractivity contribution is -0.174. The Bertz CT molecular complexity index is 784. The summed E-state index contributed by atoms with van der Waals surface area (Å²) in [6.45, 7) is 1.89. The zero-order valence-corrected chi connectivity index (χ0v) is 15.3. The van der Waals surface area contributed by atoms with E-state index in [0.717, 1.165) is 18.6 Å². The third-order valence-electron chi connectivity index (χ3n) is 5.58. The lowest BCUT2D eigenvalue weighted by atomic mass is 9.82. The van der Waals surface area contributed by atoms with Gasteiger partial charge in [0.1, 0.15) is 11.5 Å². The topological polar surface area (TPSA) is 59.0 Å². The zero-order chi connectivity index (χ0) is 18.7. The van der Waals surface area contributed by atoms with E-state index >= 15 is 0 Å². The highest BCUT2D eigenvalue weighted by atomic mass is 16.5. The van der Waals surface area contributed by atoms with Crippen molar-refractivity contribution in [3.63, 3.8) is 0 Å². The molecule has 1 unspecified atom stereocenters. The van der Waals surface area contributed by atoms with Crippen LogP contribution in [0.5, 0.6) is 11.5 Å². The van der Waals surface area contributed by atoms with E-state index in [4.69, 9.17) is 9.47 Å². The number of ether oxygens (including phenoxy) is 2. The van der Waals surface area contributed by atoms with Crippen molar-refractivity contribution in [2.24, 2.45) is 0 Å². The van der Waals surface area contributed by atoms with E-state index in [1.54, 1.807) is 6.07 Å². The molecule has 0 saturated carbocycles. The first kappa shape index (κ1) is 18.0. The van der Waals surface area contributed by atoms with Crippen molar-refractivity contribution in [3.05, 3.63) is 60.2 Å². The molecule has 142 valence electrons. The molecule has 1 spiro atoms.